The monoisotopic (exact) mass is 356 g/mol. The molecule has 0 saturated heterocycles. The van der Waals surface area contributed by atoms with Crippen molar-refractivity contribution in [2.24, 2.45) is 0 Å². The molecule has 0 atom stereocenters. The van der Waals surface area contributed by atoms with E-state index in [9.17, 15) is 4.79 Å². The number of benzene rings is 1. The number of carbonyl (C=O) groups excluding carboxylic acids is 1. The predicted octanol–water partition coefficient (Wildman–Crippen LogP) is 5.18. The van der Waals surface area contributed by atoms with E-state index in [2.05, 4.69) is 34.5 Å². The van der Waals surface area contributed by atoms with Gasteiger partial charge in [-0.25, -0.2) is 0 Å². The van der Waals surface area contributed by atoms with Crippen LogP contribution in [0.15, 0.2) is 47.8 Å². The number of rotatable bonds is 9. The van der Waals surface area contributed by atoms with Crippen LogP contribution in [-0.2, 0) is 17.6 Å². The van der Waals surface area contributed by atoms with E-state index >= 15 is 0 Å². The first-order valence-corrected chi connectivity index (χ1v) is 9.93. The molecule has 1 aromatic carbocycles. The highest BCUT2D eigenvalue weighted by Gasteiger charge is 2.11. The Morgan fingerprint density at radius 2 is 1.83 bits per heavy atom. The van der Waals surface area contributed by atoms with Crippen molar-refractivity contribution in [1.29, 1.82) is 0 Å². The van der Waals surface area contributed by atoms with E-state index in [1.54, 1.807) is 11.3 Å². The molecule has 0 aliphatic carbocycles. The van der Waals surface area contributed by atoms with E-state index in [0.29, 0.717) is 12.8 Å². The Kier molecular flexibility index (Phi) is 6.26. The van der Waals surface area contributed by atoms with E-state index in [-0.39, 0.29) is 5.78 Å². The van der Waals surface area contributed by atoms with Gasteiger partial charge in [-0.1, -0.05) is 54.2 Å². The molecule has 0 radical (unpaired) electrons. The Balaban J connectivity index is 1.35. The van der Waals surface area contributed by atoms with Gasteiger partial charge >= 0.3 is 0 Å². The molecule has 124 valence electrons. The molecular formula is C19H20N2OS2. The van der Waals surface area contributed by atoms with E-state index in [0.717, 1.165) is 40.6 Å². The number of thiophene rings is 1. The number of ketones is 1. The maximum absolute atomic E-state index is 12.1. The molecule has 2 heterocycles. The first kappa shape index (κ1) is 17.0. The van der Waals surface area contributed by atoms with Gasteiger partial charge in [-0.3, -0.25) is 4.79 Å². The normalized spacial score (nSPS) is 10.8. The lowest BCUT2D eigenvalue weighted by molar-refractivity contribution is -0.118. The fourth-order valence-electron chi connectivity index (χ4n) is 2.55. The highest BCUT2D eigenvalue weighted by Crippen LogP contribution is 2.27. The molecule has 2 aromatic heterocycles. The lowest BCUT2D eigenvalue weighted by atomic mass is 10.0. The summed E-state index contributed by atoms with van der Waals surface area (Å²) in [5, 5.41) is 12.1. The lowest BCUT2D eigenvalue weighted by Gasteiger charge is -2.01. The Labute approximate surface area is 150 Å². The van der Waals surface area contributed by atoms with Crippen LogP contribution in [0.5, 0.6) is 0 Å². The van der Waals surface area contributed by atoms with Gasteiger partial charge in [0.25, 0.3) is 0 Å². The minimum absolute atomic E-state index is 0.267. The number of carbonyl (C=O) groups is 1. The molecule has 0 spiro atoms. The fraction of sp³-hybridized carbons (Fsp3) is 0.316. The van der Waals surface area contributed by atoms with Crippen molar-refractivity contribution in [2.75, 3.05) is 0 Å². The van der Waals surface area contributed by atoms with Crippen molar-refractivity contribution >= 4 is 28.5 Å². The Bertz CT molecular complexity index is 751. The number of aryl methyl sites for hydroxylation is 1. The summed E-state index contributed by atoms with van der Waals surface area (Å²) in [7, 11) is 0. The largest absolute Gasteiger partial charge is 0.299 e. The molecule has 5 heteroatoms. The molecule has 24 heavy (non-hydrogen) atoms. The van der Waals surface area contributed by atoms with Crippen molar-refractivity contribution in [3.63, 3.8) is 0 Å². The molecule has 0 amide bonds. The minimum atomic E-state index is 0.267. The molecule has 3 aromatic rings. The van der Waals surface area contributed by atoms with Gasteiger partial charge in [0.1, 0.15) is 10.8 Å². The summed E-state index contributed by atoms with van der Waals surface area (Å²) < 4.78 is 0. The molecular weight excluding hydrogens is 336 g/mol. The number of unbranched alkanes of at least 4 members (excludes halogenated alkanes) is 2. The molecule has 3 nitrogen and oxygen atoms in total. The number of nitrogens with zero attached hydrogens (tertiary/aromatic N) is 2. The van der Waals surface area contributed by atoms with Gasteiger partial charge in [0.05, 0.1) is 11.3 Å². The summed E-state index contributed by atoms with van der Waals surface area (Å²) in [6.45, 7) is 0. The summed E-state index contributed by atoms with van der Waals surface area (Å²) >= 11 is 3.18. The quantitative estimate of drug-likeness (QED) is 0.496. The van der Waals surface area contributed by atoms with Crippen molar-refractivity contribution < 1.29 is 4.79 Å². The smallest absolute Gasteiger partial charge is 0.157 e. The second kappa shape index (κ2) is 8.85. The van der Waals surface area contributed by atoms with E-state index < -0.39 is 0 Å². The first-order chi connectivity index (χ1) is 11.8. The maximum Gasteiger partial charge on any atom is 0.157 e. The molecule has 0 bridgehead atoms. The maximum atomic E-state index is 12.1. The molecule has 0 unspecified atom stereocenters. The molecule has 3 rings (SSSR count). The van der Waals surface area contributed by atoms with E-state index in [1.807, 2.05) is 23.6 Å². The third-order valence-corrected chi connectivity index (χ3v) is 5.77. The molecule has 0 fully saturated rings. The van der Waals surface area contributed by atoms with Crippen molar-refractivity contribution in [3.8, 4) is 9.88 Å². The van der Waals surface area contributed by atoms with Crippen LogP contribution in [-0.4, -0.2) is 16.0 Å². The van der Waals surface area contributed by atoms with Crippen LogP contribution in [0, 0.1) is 0 Å². The summed E-state index contributed by atoms with van der Waals surface area (Å²) in [6.07, 6.45) is 5.35. The topological polar surface area (TPSA) is 42.9 Å². The zero-order valence-corrected chi connectivity index (χ0v) is 15.1. The SMILES string of the molecule is O=C(CCCCCc1ccccc1)Cc1nnc(-c2cccs2)s1. The van der Waals surface area contributed by atoms with Crippen molar-refractivity contribution in [3.05, 3.63) is 58.4 Å². The van der Waals surface area contributed by atoms with Crippen LogP contribution in [0.25, 0.3) is 9.88 Å². The number of Topliss-reactive ketones (excluding diaryl/α,β-unsaturated/α-hetero) is 1. The summed E-state index contributed by atoms with van der Waals surface area (Å²) in [5.74, 6) is 0.267. The Morgan fingerprint density at radius 1 is 0.958 bits per heavy atom. The van der Waals surface area contributed by atoms with Gasteiger partial charge in [-0.2, -0.15) is 0 Å². The fourth-order valence-corrected chi connectivity index (χ4v) is 4.21. The molecule has 0 saturated carbocycles. The average molecular weight is 357 g/mol. The van der Waals surface area contributed by atoms with Crippen molar-refractivity contribution in [1.82, 2.24) is 10.2 Å². The summed E-state index contributed by atoms with van der Waals surface area (Å²) in [4.78, 5) is 13.2. The number of hydrogen-bond acceptors (Lipinski definition) is 5. The Hall–Kier alpha value is -1.85. The highest BCUT2D eigenvalue weighted by atomic mass is 32.1. The van der Waals surface area contributed by atoms with E-state index in [4.69, 9.17) is 0 Å². The second-order valence-corrected chi connectivity index (χ2v) is 7.75. The van der Waals surface area contributed by atoms with Gasteiger partial charge in [0.2, 0.25) is 0 Å². The lowest BCUT2D eigenvalue weighted by Crippen LogP contribution is -2.02. The summed E-state index contributed by atoms with van der Waals surface area (Å²) in [6, 6.07) is 14.5. The van der Waals surface area contributed by atoms with Crippen LogP contribution < -0.4 is 0 Å². The Morgan fingerprint density at radius 3 is 2.62 bits per heavy atom. The minimum Gasteiger partial charge on any atom is -0.299 e. The summed E-state index contributed by atoms with van der Waals surface area (Å²) in [5.41, 5.74) is 1.37. The average Bonchev–Trinajstić information content (AvgIpc) is 3.27. The van der Waals surface area contributed by atoms with Gasteiger partial charge < -0.3 is 0 Å². The van der Waals surface area contributed by atoms with E-state index in [1.165, 1.54) is 16.9 Å². The predicted molar refractivity (Wildman–Crippen MR) is 101 cm³/mol. The van der Waals surface area contributed by atoms with Gasteiger partial charge in [0.15, 0.2) is 5.01 Å². The molecule has 0 aliphatic heterocycles. The number of hydrogen-bond donors (Lipinski definition) is 0. The molecule has 0 aliphatic rings. The van der Waals surface area contributed by atoms with Crippen molar-refractivity contribution in [2.45, 2.75) is 38.5 Å². The van der Waals surface area contributed by atoms with Gasteiger partial charge in [-0.05, 0) is 36.3 Å². The van der Waals surface area contributed by atoms with Gasteiger partial charge in [0, 0.05) is 6.42 Å². The van der Waals surface area contributed by atoms with Crippen LogP contribution in [0.4, 0.5) is 0 Å². The highest BCUT2D eigenvalue weighted by molar-refractivity contribution is 7.20. The van der Waals surface area contributed by atoms with Crippen LogP contribution in [0.2, 0.25) is 0 Å². The van der Waals surface area contributed by atoms with Gasteiger partial charge in [-0.15, -0.1) is 21.5 Å². The second-order valence-electron chi connectivity index (χ2n) is 5.74. The zero-order valence-electron chi connectivity index (χ0n) is 13.5. The van der Waals surface area contributed by atoms with Crippen LogP contribution in [0.3, 0.4) is 0 Å². The third-order valence-electron chi connectivity index (χ3n) is 3.81. The third kappa shape index (κ3) is 5.08. The zero-order chi connectivity index (χ0) is 16.6. The molecule has 0 N–H and O–H groups in total. The number of aromatic nitrogens is 2. The van der Waals surface area contributed by atoms with Crippen LogP contribution in [0.1, 0.15) is 36.3 Å². The first-order valence-electron chi connectivity index (χ1n) is 8.23. The van der Waals surface area contributed by atoms with Crippen LogP contribution >= 0.6 is 22.7 Å². The standard InChI is InChI=1S/C19H20N2OS2/c22-16(11-6-2-5-10-15-8-3-1-4-9-15)14-18-20-21-19(24-18)17-12-7-13-23-17/h1,3-4,7-9,12-13H,2,5-6,10-11,14H2.